The van der Waals surface area contributed by atoms with E-state index in [4.69, 9.17) is 0 Å². The Hall–Kier alpha value is -1.97. The highest BCUT2D eigenvalue weighted by Crippen LogP contribution is 2.22. The minimum atomic E-state index is -3.55. The molecule has 3 N–H and O–H groups in total. The van der Waals surface area contributed by atoms with Crippen molar-refractivity contribution in [3.8, 4) is 0 Å². The van der Waals surface area contributed by atoms with Crippen LogP contribution >= 0.6 is 0 Å². The van der Waals surface area contributed by atoms with Crippen LogP contribution < -0.4 is 15.5 Å². The highest BCUT2D eigenvalue weighted by atomic mass is 32.2. The Labute approximate surface area is 173 Å². The molecule has 1 saturated heterocycles. The van der Waals surface area contributed by atoms with Crippen molar-refractivity contribution in [2.75, 3.05) is 38.5 Å². The molecule has 1 aromatic rings. The number of rotatable bonds is 7. The highest BCUT2D eigenvalue weighted by Gasteiger charge is 2.26. The largest absolute Gasteiger partial charge is 0.347 e. The summed E-state index contributed by atoms with van der Waals surface area (Å²) < 4.78 is 27.1. The average Bonchev–Trinajstić information content (AvgIpc) is 2.60. The van der Waals surface area contributed by atoms with Crippen molar-refractivity contribution in [1.82, 2.24) is 9.62 Å². The van der Waals surface area contributed by atoms with E-state index < -0.39 is 10.0 Å². The first-order valence-electron chi connectivity index (χ1n) is 10.00. The lowest BCUT2D eigenvalue weighted by Gasteiger charge is -2.26. The SMILES string of the molecule is C[NH+](CC(=O)Nc1cccc(S(=O)(=O)N2CCCCC2)c1)CC(=O)NC(C)(C)C. The maximum Gasteiger partial charge on any atom is 0.279 e. The lowest BCUT2D eigenvalue weighted by molar-refractivity contribution is -0.862. The Kier molecular flexibility index (Phi) is 7.79. The van der Waals surface area contributed by atoms with Gasteiger partial charge in [-0.1, -0.05) is 12.5 Å². The van der Waals surface area contributed by atoms with Gasteiger partial charge in [0.05, 0.1) is 11.9 Å². The third-order valence-corrected chi connectivity index (χ3v) is 6.40. The maximum atomic E-state index is 12.8. The molecule has 0 aromatic heterocycles. The normalized spacial score (nSPS) is 16.8. The number of sulfonamides is 1. The molecule has 0 saturated carbocycles. The number of hydrogen-bond donors (Lipinski definition) is 3. The fourth-order valence-electron chi connectivity index (χ4n) is 3.27. The first-order valence-corrected chi connectivity index (χ1v) is 11.4. The van der Waals surface area contributed by atoms with Gasteiger partial charge in [-0.25, -0.2) is 8.42 Å². The molecule has 1 aliphatic rings. The smallest absolute Gasteiger partial charge is 0.279 e. The molecule has 162 valence electrons. The van der Waals surface area contributed by atoms with Gasteiger partial charge < -0.3 is 15.5 Å². The van der Waals surface area contributed by atoms with Crippen molar-refractivity contribution in [3.63, 3.8) is 0 Å². The number of nitrogens with one attached hydrogen (secondary N) is 3. The van der Waals surface area contributed by atoms with Crippen LogP contribution in [0.5, 0.6) is 0 Å². The molecule has 0 aliphatic carbocycles. The Balaban J connectivity index is 1.95. The molecule has 1 aliphatic heterocycles. The number of anilines is 1. The average molecular weight is 426 g/mol. The molecule has 29 heavy (non-hydrogen) atoms. The van der Waals surface area contributed by atoms with Crippen molar-refractivity contribution in [2.45, 2.75) is 50.5 Å². The summed E-state index contributed by atoms with van der Waals surface area (Å²) in [6, 6.07) is 6.33. The van der Waals surface area contributed by atoms with Gasteiger partial charge in [-0.05, 0) is 51.8 Å². The maximum absolute atomic E-state index is 12.8. The Morgan fingerprint density at radius 1 is 1.07 bits per heavy atom. The summed E-state index contributed by atoms with van der Waals surface area (Å²) >= 11 is 0. The monoisotopic (exact) mass is 425 g/mol. The van der Waals surface area contributed by atoms with Gasteiger partial charge in [0.15, 0.2) is 13.1 Å². The fourth-order valence-corrected chi connectivity index (χ4v) is 4.83. The predicted molar refractivity (Wildman–Crippen MR) is 112 cm³/mol. The van der Waals surface area contributed by atoms with E-state index >= 15 is 0 Å². The molecule has 1 aromatic carbocycles. The van der Waals surface area contributed by atoms with E-state index in [1.807, 2.05) is 20.8 Å². The summed E-state index contributed by atoms with van der Waals surface area (Å²) in [5.41, 5.74) is 0.111. The van der Waals surface area contributed by atoms with Gasteiger partial charge in [-0.15, -0.1) is 0 Å². The van der Waals surface area contributed by atoms with E-state index in [1.54, 1.807) is 25.2 Å². The van der Waals surface area contributed by atoms with Crippen LogP contribution in [0, 0.1) is 0 Å². The van der Waals surface area contributed by atoms with Crippen molar-refractivity contribution in [3.05, 3.63) is 24.3 Å². The van der Waals surface area contributed by atoms with E-state index in [2.05, 4.69) is 10.6 Å². The second-order valence-corrected chi connectivity index (χ2v) is 10.6. The zero-order valence-corrected chi connectivity index (χ0v) is 18.6. The molecule has 1 fully saturated rings. The van der Waals surface area contributed by atoms with E-state index in [0.717, 1.165) is 24.2 Å². The van der Waals surface area contributed by atoms with Crippen LogP contribution in [0.2, 0.25) is 0 Å². The summed E-state index contributed by atoms with van der Waals surface area (Å²) in [6.45, 7) is 7.04. The van der Waals surface area contributed by atoms with Crippen LogP contribution in [-0.2, 0) is 19.6 Å². The van der Waals surface area contributed by atoms with Crippen LogP contribution in [0.4, 0.5) is 5.69 Å². The number of benzene rings is 1. The summed E-state index contributed by atoms with van der Waals surface area (Å²) in [5, 5.41) is 5.60. The second kappa shape index (κ2) is 9.69. The summed E-state index contributed by atoms with van der Waals surface area (Å²) in [4.78, 5) is 25.2. The number of likely N-dealkylation sites (N-methyl/N-ethyl adjacent to an activating group) is 1. The van der Waals surface area contributed by atoms with E-state index in [9.17, 15) is 18.0 Å². The van der Waals surface area contributed by atoms with E-state index in [0.29, 0.717) is 18.8 Å². The van der Waals surface area contributed by atoms with Gasteiger partial charge in [0.25, 0.3) is 11.8 Å². The Morgan fingerprint density at radius 3 is 2.31 bits per heavy atom. The van der Waals surface area contributed by atoms with Crippen LogP contribution in [0.3, 0.4) is 0 Å². The molecule has 8 nitrogen and oxygen atoms in total. The van der Waals surface area contributed by atoms with Gasteiger partial charge in [0.1, 0.15) is 0 Å². The molecule has 1 heterocycles. The zero-order valence-electron chi connectivity index (χ0n) is 17.7. The minimum absolute atomic E-state index is 0.0979. The number of carbonyl (C=O) groups excluding carboxylic acids is 2. The molecule has 2 rings (SSSR count). The molecule has 2 amide bonds. The van der Waals surface area contributed by atoms with E-state index in [-0.39, 0.29) is 35.3 Å². The van der Waals surface area contributed by atoms with Crippen molar-refractivity contribution < 1.29 is 22.9 Å². The minimum Gasteiger partial charge on any atom is -0.347 e. The molecular weight excluding hydrogens is 392 g/mol. The lowest BCUT2D eigenvalue weighted by Crippen LogP contribution is -3.11. The third kappa shape index (κ3) is 7.41. The zero-order chi connectivity index (χ0) is 21.7. The van der Waals surface area contributed by atoms with E-state index in [1.165, 1.54) is 10.4 Å². The first kappa shape index (κ1) is 23.3. The molecule has 1 atom stereocenters. The second-order valence-electron chi connectivity index (χ2n) is 8.65. The summed E-state index contributed by atoms with van der Waals surface area (Å²) in [7, 11) is -1.79. The highest BCUT2D eigenvalue weighted by molar-refractivity contribution is 7.89. The Morgan fingerprint density at radius 2 is 1.69 bits per heavy atom. The topological polar surface area (TPSA) is 100 Å². The number of piperidine rings is 1. The standard InChI is InChI=1S/C20H32N4O4S/c1-20(2,3)22-19(26)15-23(4)14-18(25)21-16-9-8-10-17(13-16)29(27,28)24-11-6-5-7-12-24/h8-10,13H,5-7,11-12,14-15H2,1-4H3,(H,21,25)(H,22,26)/p+1. The molecule has 0 spiro atoms. The molecular formula is C20H33N4O4S+. The predicted octanol–water partition coefficient (Wildman–Crippen LogP) is 0.229. The molecule has 1 unspecified atom stereocenters. The number of carbonyl (C=O) groups is 2. The number of amides is 2. The van der Waals surface area contributed by atoms with Gasteiger partial charge >= 0.3 is 0 Å². The summed E-state index contributed by atoms with van der Waals surface area (Å²) in [5.74, 6) is -0.406. The lowest BCUT2D eigenvalue weighted by atomic mass is 10.1. The van der Waals surface area contributed by atoms with Gasteiger partial charge in [-0.3, -0.25) is 9.59 Å². The van der Waals surface area contributed by atoms with Gasteiger partial charge in [-0.2, -0.15) is 4.31 Å². The van der Waals surface area contributed by atoms with Crippen LogP contribution in [-0.4, -0.2) is 63.3 Å². The first-order chi connectivity index (χ1) is 13.5. The van der Waals surface area contributed by atoms with Crippen molar-refractivity contribution in [2.24, 2.45) is 0 Å². The molecule has 9 heteroatoms. The van der Waals surface area contributed by atoms with Crippen LogP contribution in [0.1, 0.15) is 40.0 Å². The van der Waals surface area contributed by atoms with Gasteiger partial charge in [0.2, 0.25) is 10.0 Å². The van der Waals surface area contributed by atoms with Crippen LogP contribution in [0.25, 0.3) is 0 Å². The van der Waals surface area contributed by atoms with Gasteiger partial charge in [0, 0.05) is 24.3 Å². The molecule has 0 bridgehead atoms. The van der Waals surface area contributed by atoms with Crippen LogP contribution in [0.15, 0.2) is 29.2 Å². The summed E-state index contributed by atoms with van der Waals surface area (Å²) in [6.07, 6.45) is 2.78. The fraction of sp³-hybridized carbons (Fsp3) is 0.600. The van der Waals surface area contributed by atoms with Crippen molar-refractivity contribution in [1.29, 1.82) is 0 Å². The Bertz CT molecular complexity index is 827. The number of quaternary nitrogens is 1. The number of nitrogens with zero attached hydrogens (tertiary/aromatic N) is 1. The third-order valence-electron chi connectivity index (χ3n) is 4.51. The molecule has 0 radical (unpaired) electrons. The van der Waals surface area contributed by atoms with Crippen molar-refractivity contribution >= 4 is 27.5 Å². The quantitative estimate of drug-likeness (QED) is 0.582. The number of hydrogen-bond acceptors (Lipinski definition) is 4.